The minimum atomic E-state index is -0.488. The van der Waals surface area contributed by atoms with Crippen LogP contribution in [-0.4, -0.2) is 26.0 Å². The molecule has 1 aromatic carbocycles. The van der Waals surface area contributed by atoms with Gasteiger partial charge in [-0.3, -0.25) is 14.9 Å². The van der Waals surface area contributed by atoms with Crippen LogP contribution < -0.4 is 5.32 Å². The molecule has 0 bridgehead atoms. The van der Waals surface area contributed by atoms with Crippen LogP contribution in [0.25, 0.3) is 22.4 Å². The van der Waals surface area contributed by atoms with Gasteiger partial charge in [-0.05, 0) is 37.6 Å². The molecule has 4 rings (SSSR count). The van der Waals surface area contributed by atoms with Gasteiger partial charge >= 0.3 is 0 Å². The number of pyridine rings is 2. The number of aromatic nitrogens is 3. The van der Waals surface area contributed by atoms with Crippen molar-refractivity contribution < 1.29 is 14.2 Å². The summed E-state index contributed by atoms with van der Waals surface area (Å²) < 4.78 is 5.26. The van der Waals surface area contributed by atoms with Gasteiger partial charge in [0.05, 0.1) is 27.3 Å². The van der Waals surface area contributed by atoms with Crippen molar-refractivity contribution in [2.45, 2.75) is 13.8 Å². The molecule has 0 atom stereocenters. The Balaban J connectivity index is 1.82. The summed E-state index contributed by atoms with van der Waals surface area (Å²) in [6.07, 6.45) is 1.60. The minimum Gasteiger partial charge on any atom is -0.335 e. The number of aryl methyl sites for hydroxylation is 2. The van der Waals surface area contributed by atoms with Gasteiger partial charge in [0.1, 0.15) is 5.82 Å². The van der Waals surface area contributed by atoms with Gasteiger partial charge in [0.2, 0.25) is 0 Å². The molecule has 9 nitrogen and oxygen atoms in total. The van der Waals surface area contributed by atoms with Gasteiger partial charge in [-0.25, -0.2) is 9.97 Å². The van der Waals surface area contributed by atoms with Crippen molar-refractivity contribution >= 4 is 28.5 Å². The van der Waals surface area contributed by atoms with Crippen molar-refractivity contribution in [2.24, 2.45) is 0 Å². The Kier molecular flexibility index (Phi) is 4.47. The zero-order valence-electron chi connectivity index (χ0n) is 15.5. The van der Waals surface area contributed by atoms with E-state index in [0.717, 1.165) is 5.56 Å². The molecule has 4 aromatic rings. The van der Waals surface area contributed by atoms with E-state index in [1.165, 1.54) is 12.1 Å². The Morgan fingerprint density at radius 3 is 2.76 bits per heavy atom. The molecule has 0 fully saturated rings. The number of non-ortho nitro benzene ring substituents is 1. The third-order valence-corrected chi connectivity index (χ3v) is 4.37. The molecule has 0 aliphatic rings. The molecular formula is C20H15N5O4. The van der Waals surface area contributed by atoms with E-state index in [2.05, 4.69) is 20.4 Å². The van der Waals surface area contributed by atoms with Crippen LogP contribution in [0.1, 0.15) is 21.6 Å². The highest BCUT2D eigenvalue weighted by atomic mass is 16.6. The highest BCUT2D eigenvalue weighted by molar-refractivity contribution is 6.12. The first-order valence-corrected chi connectivity index (χ1v) is 8.68. The Bertz CT molecular complexity index is 1260. The number of nitrogens with zero attached hydrogens (tertiary/aromatic N) is 4. The fraction of sp³-hybridized carbons (Fsp3) is 0.100. The zero-order chi connectivity index (χ0) is 20.5. The maximum Gasteiger partial charge on any atom is 0.270 e. The van der Waals surface area contributed by atoms with Crippen LogP contribution in [0.4, 0.5) is 11.5 Å². The number of hydrogen-bond donors (Lipinski definition) is 1. The van der Waals surface area contributed by atoms with Crippen molar-refractivity contribution in [3.05, 3.63) is 75.6 Å². The summed E-state index contributed by atoms with van der Waals surface area (Å²) in [6.45, 7) is 3.61. The van der Waals surface area contributed by atoms with Gasteiger partial charge in [-0.2, -0.15) is 0 Å². The molecule has 1 amide bonds. The summed E-state index contributed by atoms with van der Waals surface area (Å²) >= 11 is 0. The number of nitrogens with one attached hydrogen (secondary N) is 1. The van der Waals surface area contributed by atoms with E-state index in [1.54, 1.807) is 37.4 Å². The SMILES string of the molecule is Cc1ccnc(NC(=O)c2cc(-c3cccc([N+](=O)[O-])c3)nc3onc(C)c23)c1. The van der Waals surface area contributed by atoms with Gasteiger partial charge in [0.15, 0.2) is 0 Å². The molecule has 0 unspecified atom stereocenters. The molecule has 0 aliphatic heterocycles. The Morgan fingerprint density at radius 1 is 1.17 bits per heavy atom. The summed E-state index contributed by atoms with van der Waals surface area (Å²) in [6, 6.07) is 11.1. The highest BCUT2D eigenvalue weighted by Crippen LogP contribution is 2.29. The summed E-state index contributed by atoms with van der Waals surface area (Å²) in [5.41, 5.74) is 2.70. The maximum atomic E-state index is 13.0. The lowest BCUT2D eigenvalue weighted by atomic mass is 10.0. The number of nitro benzene ring substituents is 1. The van der Waals surface area contributed by atoms with Crippen LogP contribution in [0.2, 0.25) is 0 Å². The van der Waals surface area contributed by atoms with Crippen LogP contribution in [0, 0.1) is 24.0 Å². The van der Waals surface area contributed by atoms with Gasteiger partial charge in [0, 0.05) is 23.9 Å². The largest absolute Gasteiger partial charge is 0.335 e. The number of fused-ring (bicyclic) bond motifs is 1. The van der Waals surface area contributed by atoms with Crippen LogP contribution in [-0.2, 0) is 0 Å². The summed E-state index contributed by atoms with van der Waals surface area (Å²) in [7, 11) is 0. The summed E-state index contributed by atoms with van der Waals surface area (Å²) in [4.78, 5) is 32.1. The lowest BCUT2D eigenvalue weighted by molar-refractivity contribution is -0.384. The monoisotopic (exact) mass is 389 g/mol. The van der Waals surface area contributed by atoms with E-state index >= 15 is 0 Å². The number of nitro groups is 1. The molecule has 29 heavy (non-hydrogen) atoms. The first-order chi connectivity index (χ1) is 13.9. The van der Waals surface area contributed by atoms with Crippen molar-refractivity contribution in [1.82, 2.24) is 15.1 Å². The molecule has 0 radical (unpaired) electrons. The smallest absolute Gasteiger partial charge is 0.270 e. The van der Waals surface area contributed by atoms with Crippen molar-refractivity contribution in [1.29, 1.82) is 0 Å². The van der Waals surface area contributed by atoms with E-state index in [4.69, 9.17) is 4.52 Å². The van der Waals surface area contributed by atoms with E-state index < -0.39 is 10.8 Å². The molecule has 9 heteroatoms. The fourth-order valence-electron chi connectivity index (χ4n) is 2.99. The lowest BCUT2D eigenvalue weighted by Crippen LogP contribution is -2.14. The zero-order valence-corrected chi connectivity index (χ0v) is 15.5. The molecule has 0 saturated carbocycles. The number of carbonyl (C=O) groups is 1. The normalized spacial score (nSPS) is 10.8. The molecule has 144 valence electrons. The summed E-state index contributed by atoms with van der Waals surface area (Å²) in [5.74, 6) is -0.000510. The average Bonchev–Trinajstić information content (AvgIpc) is 3.08. The van der Waals surface area contributed by atoms with Crippen LogP contribution in [0.3, 0.4) is 0 Å². The molecule has 0 aliphatic carbocycles. The quantitative estimate of drug-likeness (QED) is 0.412. The predicted octanol–water partition coefficient (Wildman–Crippen LogP) is 4.06. The Labute approximate surface area is 164 Å². The second kappa shape index (κ2) is 7.12. The third-order valence-electron chi connectivity index (χ3n) is 4.37. The topological polar surface area (TPSA) is 124 Å². The average molecular weight is 389 g/mol. The Hall–Kier alpha value is -4.14. The first-order valence-electron chi connectivity index (χ1n) is 8.68. The third kappa shape index (κ3) is 3.53. The van der Waals surface area contributed by atoms with E-state index in [0.29, 0.717) is 33.7 Å². The number of carbonyl (C=O) groups excluding carboxylic acids is 1. The lowest BCUT2D eigenvalue weighted by Gasteiger charge is -2.08. The van der Waals surface area contributed by atoms with Crippen LogP contribution >= 0.6 is 0 Å². The second-order valence-electron chi connectivity index (χ2n) is 6.48. The number of benzene rings is 1. The fourth-order valence-corrected chi connectivity index (χ4v) is 2.99. The summed E-state index contributed by atoms with van der Waals surface area (Å²) in [5, 5.41) is 18.2. The van der Waals surface area contributed by atoms with Gasteiger partial charge in [0.25, 0.3) is 17.3 Å². The number of amides is 1. The number of rotatable bonds is 4. The molecule has 3 heterocycles. The van der Waals surface area contributed by atoms with Gasteiger partial charge < -0.3 is 9.84 Å². The number of hydrogen-bond acceptors (Lipinski definition) is 7. The van der Waals surface area contributed by atoms with Crippen molar-refractivity contribution in [3.8, 4) is 11.3 Å². The minimum absolute atomic E-state index is 0.0758. The van der Waals surface area contributed by atoms with Crippen LogP contribution in [0.5, 0.6) is 0 Å². The van der Waals surface area contributed by atoms with E-state index in [9.17, 15) is 14.9 Å². The van der Waals surface area contributed by atoms with Gasteiger partial charge in [-0.15, -0.1) is 0 Å². The standard InChI is InChI=1S/C20H15N5O4/c1-11-6-7-21-17(8-11)23-19(26)15-10-16(22-20-18(15)12(2)24-29-20)13-4-3-5-14(9-13)25(27)28/h3-10H,1-2H3,(H,21,23,26). The van der Waals surface area contributed by atoms with Gasteiger partial charge in [-0.1, -0.05) is 17.3 Å². The van der Waals surface area contributed by atoms with E-state index in [1.807, 2.05) is 13.0 Å². The predicted molar refractivity (Wildman–Crippen MR) is 106 cm³/mol. The molecule has 0 spiro atoms. The van der Waals surface area contributed by atoms with E-state index in [-0.39, 0.29) is 11.4 Å². The van der Waals surface area contributed by atoms with Crippen molar-refractivity contribution in [2.75, 3.05) is 5.32 Å². The molecular weight excluding hydrogens is 374 g/mol. The molecule has 1 N–H and O–H groups in total. The van der Waals surface area contributed by atoms with Crippen molar-refractivity contribution in [3.63, 3.8) is 0 Å². The molecule has 0 saturated heterocycles. The maximum absolute atomic E-state index is 13.0. The first kappa shape index (κ1) is 18.2. The Morgan fingerprint density at radius 2 is 2.00 bits per heavy atom. The second-order valence-corrected chi connectivity index (χ2v) is 6.48. The highest BCUT2D eigenvalue weighted by Gasteiger charge is 2.20. The van der Waals surface area contributed by atoms with Crippen LogP contribution in [0.15, 0.2) is 53.2 Å². The number of anilines is 1. The molecule has 3 aromatic heterocycles.